The molecule has 0 spiro atoms. The summed E-state index contributed by atoms with van der Waals surface area (Å²) in [6.45, 7) is 2.24. The first kappa shape index (κ1) is 10.8. The van der Waals surface area contributed by atoms with Gasteiger partial charge in [0.25, 0.3) is 0 Å². The Kier molecular flexibility index (Phi) is 4.22. The molecule has 0 aromatic heterocycles. The molecule has 1 aromatic carbocycles. The maximum Gasteiger partial charge on any atom is 0.157 e. The minimum Gasteiger partial charge on any atom is -0.504 e. The van der Waals surface area contributed by atoms with Gasteiger partial charge in [0, 0.05) is 13.1 Å². The molecule has 0 amide bonds. The first-order valence-electron chi connectivity index (χ1n) is 4.65. The van der Waals surface area contributed by atoms with Gasteiger partial charge < -0.3 is 21.3 Å². The molecule has 0 aliphatic rings. The molecule has 78 valence electrons. The fourth-order valence-electron chi connectivity index (χ4n) is 1.18. The van der Waals surface area contributed by atoms with E-state index in [1.165, 1.54) is 6.07 Å². The highest BCUT2D eigenvalue weighted by Gasteiger charge is 1.99. The molecule has 0 radical (unpaired) electrons. The Morgan fingerprint density at radius 3 is 2.57 bits per heavy atom. The van der Waals surface area contributed by atoms with Crippen molar-refractivity contribution >= 4 is 0 Å². The molecule has 0 saturated heterocycles. The van der Waals surface area contributed by atoms with E-state index >= 15 is 0 Å². The van der Waals surface area contributed by atoms with Crippen LogP contribution in [0.3, 0.4) is 0 Å². The maximum atomic E-state index is 9.21. The SMILES string of the molecule is NCCNCCc1ccc(O)c(O)c1. The van der Waals surface area contributed by atoms with E-state index in [2.05, 4.69) is 5.32 Å². The van der Waals surface area contributed by atoms with Crippen molar-refractivity contribution in [2.75, 3.05) is 19.6 Å². The van der Waals surface area contributed by atoms with Crippen LogP contribution < -0.4 is 11.1 Å². The Hall–Kier alpha value is -1.26. The summed E-state index contributed by atoms with van der Waals surface area (Å²) < 4.78 is 0. The van der Waals surface area contributed by atoms with Crippen molar-refractivity contribution in [3.63, 3.8) is 0 Å². The number of phenolic OH excluding ortho intramolecular Hbond substituents is 2. The molecule has 1 aromatic rings. The average Bonchev–Trinajstić information content (AvgIpc) is 2.18. The minimum absolute atomic E-state index is 0.0682. The summed E-state index contributed by atoms with van der Waals surface area (Å²) in [4.78, 5) is 0. The topological polar surface area (TPSA) is 78.5 Å². The van der Waals surface area contributed by atoms with Crippen LogP contribution in [-0.2, 0) is 6.42 Å². The molecule has 0 heterocycles. The van der Waals surface area contributed by atoms with Gasteiger partial charge in [-0.2, -0.15) is 0 Å². The molecule has 0 saturated carbocycles. The fourth-order valence-corrected chi connectivity index (χ4v) is 1.18. The van der Waals surface area contributed by atoms with Gasteiger partial charge in [-0.3, -0.25) is 0 Å². The van der Waals surface area contributed by atoms with Crippen molar-refractivity contribution in [1.29, 1.82) is 0 Å². The predicted molar refractivity (Wildman–Crippen MR) is 55.4 cm³/mol. The van der Waals surface area contributed by atoms with Gasteiger partial charge in [-0.25, -0.2) is 0 Å². The summed E-state index contributed by atoms with van der Waals surface area (Å²) in [5.74, 6) is -0.148. The van der Waals surface area contributed by atoms with E-state index in [9.17, 15) is 5.11 Å². The van der Waals surface area contributed by atoms with Gasteiger partial charge in [-0.05, 0) is 30.7 Å². The van der Waals surface area contributed by atoms with E-state index in [4.69, 9.17) is 10.8 Å². The van der Waals surface area contributed by atoms with E-state index in [1.807, 2.05) is 0 Å². The molecule has 0 atom stereocenters. The molecule has 14 heavy (non-hydrogen) atoms. The lowest BCUT2D eigenvalue weighted by Gasteiger charge is -2.04. The van der Waals surface area contributed by atoms with E-state index < -0.39 is 0 Å². The van der Waals surface area contributed by atoms with Crippen molar-refractivity contribution in [1.82, 2.24) is 5.32 Å². The van der Waals surface area contributed by atoms with Crippen LogP contribution in [0, 0.1) is 0 Å². The first-order chi connectivity index (χ1) is 6.74. The molecular weight excluding hydrogens is 180 g/mol. The van der Waals surface area contributed by atoms with Crippen LogP contribution in [0.15, 0.2) is 18.2 Å². The third-order valence-electron chi connectivity index (χ3n) is 1.95. The van der Waals surface area contributed by atoms with Crippen LogP contribution in [0.5, 0.6) is 11.5 Å². The van der Waals surface area contributed by atoms with E-state index in [0.29, 0.717) is 6.54 Å². The molecule has 0 fully saturated rings. The summed E-state index contributed by atoms with van der Waals surface area (Å²) in [5, 5.41) is 21.4. The van der Waals surface area contributed by atoms with Gasteiger partial charge in [0.1, 0.15) is 0 Å². The quantitative estimate of drug-likeness (QED) is 0.400. The largest absolute Gasteiger partial charge is 0.504 e. The van der Waals surface area contributed by atoms with Gasteiger partial charge in [0.05, 0.1) is 0 Å². The van der Waals surface area contributed by atoms with Crippen molar-refractivity contribution in [2.45, 2.75) is 6.42 Å². The van der Waals surface area contributed by atoms with Crippen molar-refractivity contribution in [3.05, 3.63) is 23.8 Å². The molecule has 1 rings (SSSR count). The standard InChI is InChI=1S/C10H16N2O2/c11-4-6-12-5-3-8-1-2-9(13)10(14)7-8/h1-2,7,12-14H,3-6,11H2. The third kappa shape index (κ3) is 3.24. The van der Waals surface area contributed by atoms with Gasteiger partial charge in [-0.15, -0.1) is 0 Å². The second kappa shape index (κ2) is 5.47. The van der Waals surface area contributed by atoms with Gasteiger partial charge in [0.15, 0.2) is 11.5 Å². The molecule has 0 bridgehead atoms. The van der Waals surface area contributed by atoms with Crippen LogP contribution in [-0.4, -0.2) is 29.8 Å². The zero-order valence-electron chi connectivity index (χ0n) is 8.03. The van der Waals surface area contributed by atoms with Gasteiger partial charge in [0.2, 0.25) is 0 Å². The maximum absolute atomic E-state index is 9.21. The Bertz CT molecular complexity index is 289. The summed E-state index contributed by atoms with van der Waals surface area (Å²) in [6.07, 6.45) is 0.813. The summed E-state index contributed by atoms with van der Waals surface area (Å²) in [6, 6.07) is 4.85. The molecule has 0 unspecified atom stereocenters. The monoisotopic (exact) mass is 196 g/mol. The van der Waals surface area contributed by atoms with Gasteiger partial charge in [-0.1, -0.05) is 6.07 Å². The minimum atomic E-state index is -0.0799. The molecule has 0 aliphatic carbocycles. The zero-order valence-corrected chi connectivity index (χ0v) is 8.03. The number of nitrogens with two attached hydrogens (primary N) is 1. The fraction of sp³-hybridized carbons (Fsp3) is 0.400. The second-order valence-electron chi connectivity index (χ2n) is 3.11. The number of nitrogens with one attached hydrogen (secondary N) is 1. The summed E-state index contributed by atoms with van der Waals surface area (Å²) in [7, 11) is 0. The zero-order chi connectivity index (χ0) is 10.4. The number of phenols is 2. The second-order valence-corrected chi connectivity index (χ2v) is 3.11. The lowest BCUT2D eigenvalue weighted by atomic mass is 10.1. The normalized spacial score (nSPS) is 10.4. The number of rotatable bonds is 5. The number of benzene rings is 1. The van der Waals surface area contributed by atoms with E-state index in [-0.39, 0.29) is 11.5 Å². The highest BCUT2D eigenvalue weighted by molar-refractivity contribution is 5.40. The Balaban J connectivity index is 2.39. The molecule has 4 nitrogen and oxygen atoms in total. The van der Waals surface area contributed by atoms with Crippen molar-refractivity contribution in [3.8, 4) is 11.5 Å². The Morgan fingerprint density at radius 1 is 1.14 bits per heavy atom. The summed E-state index contributed by atoms with van der Waals surface area (Å²) >= 11 is 0. The molecule has 4 heteroatoms. The van der Waals surface area contributed by atoms with Crippen LogP contribution >= 0.6 is 0 Å². The number of hydrogen-bond donors (Lipinski definition) is 4. The predicted octanol–water partition coefficient (Wildman–Crippen LogP) is 0.189. The van der Waals surface area contributed by atoms with Gasteiger partial charge >= 0.3 is 0 Å². The molecule has 5 N–H and O–H groups in total. The highest BCUT2D eigenvalue weighted by atomic mass is 16.3. The van der Waals surface area contributed by atoms with E-state index in [0.717, 1.165) is 25.1 Å². The Morgan fingerprint density at radius 2 is 1.93 bits per heavy atom. The average molecular weight is 196 g/mol. The smallest absolute Gasteiger partial charge is 0.157 e. The first-order valence-corrected chi connectivity index (χ1v) is 4.65. The molecule has 0 aliphatic heterocycles. The Labute approximate surface area is 83.4 Å². The van der Waals surface area contributed by atoms with Crippen LogP contribution in [0.4, 0.5) is 0 Å². The highest BCUT2D eigenvalue weighted by Crippen LogP contribution is 2.24. The van der Waals surface area contributed by atoms with Crippen LogP contribution in [0.25, 0.3) is 0 Å². The van der Waals surface area contributed by atoms with Crippen molar-refractivity contribution in [2.24, 2.45) is 5.73 Å². The van der Waals surface area contributed by atoms with Crippen LogP contribution in [0.1, 0.15) is 5.56 Å². The van der Waals surface area contributed by atoms with Crippen molar-refractivity contribution < 1.29 is 10.2 Å². The molecular formula is C10H16N2O2. The number of hydrogen-bond acceptors (Lipinski definition) is 4. The van der Waals surface area contributed by atoms with E-state index in [1.54, 1.807) is 12.1 Å². The summed E-state index contributed by atoms with van der Waals surface area (Å²) in [5.41, 5.74) is 6.31. The lowest BCUT2D eigenvalue weighted by molar-refractivity contribution is 0.403. The third-order valence-corrected chi connectivity index (χ3v) is 1.95. The van der Waals surface area contributed by atoms with Crippen LogP contribution in [0.2, 0.25) is 0 Å². The lowest BCUT2D eigenvalue weighted by Crippen LogP contribution is -2.24. The number of aromatic hydroxyl groups is 2.